The molecule has 9 nitrogen and oxygen atoms in total. The summed E-state index contributed by atoms with van der Waals surface area (Å²) in [6.45, 7) is -0.195. The maximum Gasteiger partial charge on any atom is 0.353 e. The molecule has 2 aromatic heterocycles. The van der Waals surface area contributed by atoms with Crippen LogP contribution >= 0.6 is 0 Å². The first kappa shape index (κ1) is 21.5. The molecule has 34 heavy (non-hydrogen) atoms. The Morgan fingerprint density at radius 1 is 1.12 bits per heavy atom. The molecule has 1 aliphatic rings. The average Bonchev–Trinajstić information content (AvgIpc) is 3.44. The van der Waals surface area contributed by atoms with Crippen LogP contribution in [0.1, 0.15) is 27.5 Å². The second kappa shape index (κ2) is 8.52. The molecule has 4 N–H and O–H groups in total. The molecule has 0 radical (unpaired) electrons. The highest BCUT2D eigenvalue weighted by atomic mass is 19.3. The Morgan fingerprint density at radius 2 is 1.94 bits per heavy atom. The van der Waals surface area contributed by atoms with Gasteiger partial charge in [0, 0.05) is 18.0 Å². The SMILES string of the molecule is O=C1NC(F)(F)c2cc(Nc3cc(N[C@H](CO)c4ccccc4)c(-c4nnco4)cn3)ccc21. The summed E-state index contributed by atoms with van der Waals surface area (Å²) < 4.78 is 33.5. The number of nitrogens with one attached hydrogen (secondary N) is 3. The third-order valence-corrected chi connectivity index (χ3v) is 5.35. The zero-order valence-electron chi connectivity index (χ0n) is 17.5. The number of hydrogen-bond acceptors (Lipinski definition) is 8. The smallest absolute Gasteiger partial charge is 0.353 e. The number of carbonyl (C=O) groups is 1. The number of nitrogens with zero attached hydrogens (tertiary/aromatic N) is 3. The number of pyridine rings is 1. The van der Waals surface area contributed by atoms with Crippen LogP contribution in [-0.4, -0.2) is 32.8 Å². The second-order valence-electron chi connectivity index (χ2n) is 7.56. The summed E-state index contributed by atoms with van der Waals surface area (Å²) in [6.07, 6.45) is 2.68. The molecule has 1 aliphatic heterocycles. The van der Waals surface area contributed by atoms with Gasteiger partial charge < -0.3 is 20.2 Å². The molecular formula is C23H18F2N6O3. The van der Waals surface area contributed by atoms with Crippen LogP contribution in [0.25, 0.3) is 11.5 Å². The van der Waals surface area contributed by atoms with Crippen molar-refractivity contribution in [2.75, 3.05) is 17.2 Å². The third-order valence-electron chi connectivity index (χ3n) is 5.35. The first-order chi connectivity index (χ1) is 16.4. The van der Waals surface area contributed by atoms with Crippen molar-refractivity contribution < 1.29 is 23.1 Å². The Balaban J connectivity index is 1.48. The molecule has 1 atom stereocenters. The van der Waals surface area contributed by atoms with Gasteiger partial charge in [0.2, 0.25) is 6.39 Å². The van der Waals surface area contributed by atoms with Crippen LogP contribution in [-0.2, 0) is 6.05 Å². The Labute approximate surface area is 191 Å². The zero-order chi connectivity index (χ0) is 23.7. The van der Waals surface area contributed by atoms with E-state index in [2.05, 4.69) is 25.8 Å². The lowest BCUT2D eigenvalue weighted by Gasteiger charge is -2.20. The molecule has 0 saturated heterocycles. The monoisotopic (exact) mass is 464 g/mol. The van der Waals surface area contributed by atoms with Gasteiger partial charge in [0.15, 0.2) is 0 Å². The third kappa shape index (κ3) is 4.04. The number of benzene rings is 2. The van der Waals surface area contributed by atoms with E-state index in [0.717, 1.165) is 5.56 Å². The summed E-state index contributed by atoms with van der Waals surface area (Å²) in [5, 5.41) is 25.5. The molecule has 0 bridgehead atoms. The number of aliphatic hydroxyl groups is 1. The molecule has 0 spiro atoms. The van der Waals surface area contributed by atoms with E-state index in [-0.39, 0.29) is 18.1 Å². The van der Waals surface area contributed by atoms with Crippen molar-refractivity contribution >= 4 is 23.1 Å². The largest absolute Gasteiger partial charge is 0.423 e. The molecule has 11 heteroatoms. The Hall–Kier alpha value is -4.38. The molecule has 0 aliphatic carbocycles. The van der Waals surface area contributed by atoms with Crippen molar-refractivity contribution in [2.45, 2.75) is 12.1 Å². The number of anilines is 3. The van der Waals surface area contributed by atoms with E-state index >= 15 is 0 Å². The number of halogens is 2. The van der Waals surface area contributed by atoms with Crippen LogP contribution in [0.15, 0.2) is 71.6 Å². The molecule has 1 amide bonds. The van der Waals surface area contributed by atoms with Crippen LogP contribution in [0.2, 0.25) is 0 Å². The zero-order valence-corrected chi connectivity index (χ0v) is 17.5. The molecule has 0 fully saturated rings. The van der Waals surface area contributed by atoms with Crippen LogP contribution in [0.5, 0.6) is 0 Å². The Morgan fingerprint density at radius 3 is 2.68 bits per heavy atom. The number of alkyl halides is 2. The van der Waals surface area contributed by atoms with E-state index < -0.39 is 23.6 Å². The fourth-order valence-corrected chi connectivity index (χ4v) is 3.72. The lowest BCUT2D eigenvalue weighted by molar-refractivity contribution is -0.0241. The summed E-state index contributed by atoms with van der Waals surface area (Å²) in [5.74, 6) is -0.278. The molecule has 4 aromatic rings. The van der Waals surface area contributed by atoms with Gasteiger partial charge in [-0.1, -0.05) is 30.3 Å². The van der Waals surface area contributed by atoms with Gasteiger partial charge in [0.1, 0.15) is 5.82 Å². The topological polar surface area (TPSA) is 125 Å². The first-order valence-corrected chi connectivity index (χ1v) is 10.3. The molecule has 2 aromatic carbocycles. The molecule has 0 unspecified atom stereocenters. The number of amides is 1. The minimum Gasteiger partial charge on any atom is -0.423 e. The normalized spacial score (nSPS) is 14.9. The minimum absolute atomic E-state index is 0.0775. The van der Waals surface area contributed by atoms with Crippen LogP contribution < -0.4 is 16.0 Å². The lowest BCUT2D eigenvalue weighted by atomic mass is 10.1. The number of rotatable bonds is 7. The maximum atomic E-state index is 14.1. The number of carbonyl (C=O) groups excluding carboxylic acids is 1. The predicted molar refractivity (Wildman–Crippen MR) is 119 cm³/mol. The van der Waals surface area contributed by atoms with Crippen molar-refractivity contribution in [1.82, 2.24) is 20.5 Å². The van der Waals surface area contributed by atoms with Gasteiger partial charge in [-0.15, -0.1) is 10.2 Å². The van der Waals surface area contributed by atoms with E-state index in [1.807, 2.05) is 30.3 Å². The van der Waals surface area contributed by atoms with Gasteiger partial charge in [-0.3, -0.25) is 10.1 Å². The van der Waals surface area contributed by atoms with E-state index in [9.17, 15) is 18.7 Å². The summed E-state index contributed by atoms with van der Waals surface area (Å²) in [7, 11) is 0. The molecule has 5 rings (SSSR count). The van der Waals surface area contributed by atoms with Gasteiger partial charge in [-0.05, 0) is 23.8 Å². The second-order valence-corrected chi connectivity index (χ2v) is 7.56. The van der Waals surface area contributed by atoms with Gasteiger partial charge in [0.25, 0.3) is 11.8 Å². The van der Waals surface area contributed by atoms with Gasteiger partial charge in [-0.25, -0.2) is 4.98 Å². The highest BCUT2D eigenvalue weighted by Gasteiger charge is 2.44. The van der Waals surface area contributed by atoms with Crippen LogP contribution in [0.4, 0.5) is 26.0 Å². The lowest BCUT2D eigenvalue weighted by Crippen LogP contribution is -2.29. The van der Waals surface area contributed by atoms with Gasteiger partial charge >= 0.3 is 6.05 Å². The minimum atomic E-state index is -3.45. The fourth-order valence-electron chi connectivity index (χ4n) is 3.72. The fraction of sp³-hybridized carbons (Fsp3) is 0.130. The standard InChI is InChI=1S/C23H18F2N6O3/c24-23(25)17-8-14(6-7-15(17)21(33)30-23)28-20-9-18(16(10-26-20)22-31-27-12-34-22)29-19(11-32)13-4-2-1-3-5-13/h1-10,12,19,32H,11H2,(H,30,33)(H2,26,28,29)/t19-/m1/s1. The number of aliphatic hydroxyl groups excluding tert-OH is 1. The molecular weight excluding hydrogens is 446 g/mol. The maximum absolute atomic E-state index is 14.1. The Kier molecular flexibility index (Phi) is 5.38. The van der Waals surface area contributed by atoms with Crippen molar-refractivity contribution in [1.29, 1.82) is 0 Å². The molecule has 0 saturated carbocycles. The quantitative estimate of drug-likeness (QED) is 0.304. The average molecular weight is 464 g/mol. The van der Waals surface area contributed by atoms with Crippen LogP contribution in [0, 0.1) is 0 Å². The number of hydrogen-bond donors (Lipinski definition) is 4. The summed E-state index contributed by atoms with van der Waals surface area (Å²) in [4.78, 5) is 16.1. The van der Waals surface area contributed by atoms with Crippen molar-refractivity contribution in [2.24, 2.45) is 0 Å². The summed E-state index contributed by atoms with van der Waals surface area (Å²) >= 11 is 0. The highest BCUT2D eigenvalue weighted by molar-refractivity contribution is 6.00. The summed E-state index contributed by atoms with van der Waals surface area (Å²) in [5.41, 5.74) is 1.70. The first-order valence-electron chi connectivity index (χ1n) is 10.3. The predicted octanol–water partition coefficient (Wildman–Crippen LogP) is 3.81. The highest BCUT2D eigenvalue weighted by Crippen LogP contribution is 2.37. The molecule has 172 valence electrons. The number of aromatic nitrogens is 3. The molecule has 3 heterocycles. The van der Waals surface area contributed by atoms with Crippen molar-refractivity contribution in [3.05, 3.63) is 83.9 Å². The van der Waals surface area contributed by atoms with E-state index in [4.69, 9.17) is 4.42 Å². The van der Waals surface area contributed by atoms with Crippen LogP contribution in [0.3, 0.4) is 0 Å². The van der Waals surface area contributed by atoms with E-state index in [0.29, 0.717) is 22.8 Å². The van der Waals surface area contributed by atoms with E-state index in [1.54, 1.807) is 11.4 Å². The Bertz CT molecular complexity index is 1330. The summed E-state index contributed by atoms with van der Waals surface area (Å²) in [6, 6.07) is 11.1. The van der Waals surface area contributed by atoms with Gasteiger partial charge in [-0.2, -0.15) is 8.78 Å². The number of fused-ring (bicyclic) bond motifs is 1. The van der Waals surface area contributed by atoms with Gasteiger partial charge in [0.05, 0.1) is 35.0 Å². The van der Waals surface area contributed by atoms with Crippen molar-refractivity contribution in [3.8, 4) is 11.5 Å². The van der Waals surface area contributed by atoms with E-state index in [1.165, 1.54) is 30.8 Å². The van der Waals surface area contributed by atoms with Crippen molar-refractivity contribution in [3.63, 3.8) is 0 Å².